The van der Waals surface area contributed by atoms with Crippen molar-refractivity contribution in [1.29, 1.82) is 0 Å². The summed E-state index contributed by atoms with van der Waals surface area (Å²) in [7, 11) is 1.37. The largest absolute Gasteiger partial charge is 0.496 e. The number of hydrogen-bond acceptors (Lipinski definition) is 2. The topological polar surface area (TPSA) is 45.2 Å². The van der Waals surface area contributed by atoms with Gasteiger partial charge in [0.15, 0.2) is 5.60 Å². The summed E-state index contributed by atoms with van der Waals surface area (Å²) in [5, 5.41) is 11.5. The summed E-state index contributed by atoms with van der Waals surface area (Å²) in [6.07, 6.45) is -6.23. The molecule has 155 valence electrons. The molecule has 3 rings (SSSR count). The molecule has 1 atom stereocenters. The van der Waals surface area contributed by atoms with Gasteiger partial charge in [-0.25, -0.2) is 4.39 Å². The van der Waals surface area contributed by atoms with E-state index in [4.69, 9.17) is 4.74 Å². The molecule has 0 amide bonds. The van der Waals surface area contributed by atoms with Crippen molar-refractivity contribution in [3.8, 4) is 5.75 Å². The van der Waals surface area contributed by atoms with Gasteiger partial charge in [-0.3, -0.25) is 0 Å². The first-order chi connectivity index (χ1) is 13.4. The van der Waals surface area contributed by atoms with Gasteiger partial charge in [0.1, 0.15) is 11.6 Å². The molecule has 7 heteroatoms. The number of rotatable bonds is 6. The van der Waals surface area contributed by atoms with E-state index < -0.39 is 35.9 Å². The van der Waals surface area contributed by atoms with Crippen LogP contribution in [-0.2, 0) is 11.8 Å². The van der Waals surface area contributed by atoms with E-state index in [1.807, 2.05) is 0 Å². The average molecular weight is 408 g/mol. The molecule has 0 aliphatic carbocycles. The highest BCUT2D eigenvalue weighted by molar-refractivity contribution is 5.80. The summed E-state index contributed by atoms with van der Waals surface area (Å²) >= 11 is 0. The molecule has 0 saturated heterocycles. The first-order valence-corrected chi connectivity index (χ1v) is 9.06. The lowest BCUT2D eigenvalue weighted by Crippen LogP contribution is -2.51. The second-order valence-electron chi connectivity index (χ2n) is 7.92. The Morgan fingerprint density at radius 1 is 1.14 bits per heavy atom. The lowest BCUT2D eigenvalue weighted by atomic mass is 9.73. The quantitative estimate of drug-likeness (QED) is 0.543. The first kappa shape index (κ1) is 21.2. The summed E-state index contributed by atoms with van der Waals surface area (Å²) in [6, 6.07) is 13.1. The molecule has 3 aromatic rings. The van der Waals surface area contributed by atoms with Crippen LogP contribution in [0.5, 0.6) is 5.75 Å². The highest BCUT2D eigenvalue weighted by Crippen LogP contribution is 2.45. The van der Waals surface area contributed by atoms with Gasteiger partial charge in [-0.2, -0.15) is 13.2 Å². The number of halogens is 4. The second kappa shape index (κ2) is 7.37. The maximum absolute atomic E-state index is 14.0. The van der Waals surface area contributed by atoms with Crippen molar-refractivity contribution in [3.05, 3.63) is 65.6 Å². The third-order valence-electron chi connectivity index (χ3n) is 5.16. The molecule has 1 heterocycles. The molecular weight excluding hydrogens is 386 g/mol. The summed E-state index contributed by atoms with van der Waals surface area (Å²) in [6.45, 7) is 3.06. The van der Waals surface area contributed by atoms with Gasteiger partial charge in [0.05, 0.1) is 7.11 Å². The molecule has 0 saturated carbocycles. The Labute approximate surface area is 166 Å². The molecular formula is C22H22F4NO2. The van der Waals surface area contributed by atoms with Gasteiger partial charge in [-0.05, 0) is 53.6 Å². The van der Waals surface area contributed by atoms with Crippen molar-refractivity contribution < 1.29 is 27.4 Å². The Morgan fingerprint density at radius 2 is 1.86 bits per heavy atom. The number of nitrogens with one attached hydrogen (secondary N) is 1. The zero-order valence-electron chi connectivity index (χ0n) is 16.3. The zero-order chi connectivity index (χ0) is 21.4. The minimum Gasteiger partial charge on any atom is -0.496 e. The van der Waals surface area contributed by atoms with E-state index in [2.05, 4.69) is 11.1 Å². The second-order valence-corrected chi connectivity index (χ2v) is 7.92. The van der Waals surface area contributed by atoms with E-state index in [9.17, 15) is 22.7 Å². The normalized spacial score (nSPS) is 14.8. The number of aromatic nitrogens is 1. The van der Waals surface area contributed by atoms with Crippen LogP contribution in [0.15, 0.2) is 42.5 Å². The van der Waals surface area contributed by atoms with Crippen LogP contribution in [0, 0.1) is 11.9 Å². The minimum atomic E-state index is -4.89. The number of hydrogen-bond donors (Lipinski definition) is 2. The fourth-order valence-electron chi connectivity index (χ4n) is 3.78. The maximum Gasteiger partial charge on any atom is 0.417 e. The van der Waals surface area contributed by atoms with Gasteiger partial charge in [-0.1, -0.05) is 26.0 Å². The van der Waals surface area contributed by atoms with Crippen molar-refractivity contribution in [3.63, 3.8) is 0 Å². The predicted octanol–water partition coefficient (Wildman–Crippen LogP) is 5.32. The number of ether oxygens (including phenoxy) is 1. The van der Waals surface area contributed by atoms with E-state index in [0.29, 0.717) is 5.52 Å². The fourth-order valence-corrected chi connectivity index (χ4v) is 3.78. The molecule has 3 nitrogen and oxygen atoms in total. The predicted molar refractivity (Wildman–Crippen MR) is 102 cm³/mol. The fraction of sp³-hybridized carbons (Fsp3) is 0.364. The molecule has 1 unspecified atom stereocenters. The molecule has 0 bridgehead atoms. The monoisotopic (exact) mass is 408 g/mol. The van der Waals surface area contributed by atoms with E-state index in [1.54, 1.807) is 24.3 Å². The lowest BCUT2D eigenvalue weighted by Gasteiger charge is -2.38. The van der Waals surface area contributed by atoms with Crippen molar-refractivity contribution in [2.75, 3.05) is 7.11 Å². The van der Waals surface area contributed by atoms with Crippen LogP contribution in [-0.4, -0.2) is 29.0 Å². The SMILES string of the molecule is COc1ccc(F)cc1C(C)(C)CC(O)(Cc1cc2cc[c]cc2[nH]1)C(F)(F)F. The Kier molecular flexibility index (Phi) is 5.38. The molecule has 1 radical (unpaired) electrons. The van der Waals surface area contributed by atoms with Crippen LogP contribution in [0.25, 0.3) is 10.9 Å². The third-order valence-corrected chi connectivity index (χ3v) is 5.16. The maximum atomic E-state index is 14.0. The third kappa shape index (κ3) is 4.24. The van der Waals surface area contributed by atoms with Gasteiger partial charge >= 0.3 is 6.18 Å². The molecule has 2 N–H and O–H groups in total. The standard InChI is InChI=1S/C22H22F4NO2/c1-20(2,17-11-15(23)8-9-19(17)29-3)13-21(28,22(24,25)26)12-16-10-14-6-4-5-7-18(14)27-16/h4,6-11,27-28H,12-13H2,1-3H3. The number of aliphatic hydroxyl groups is 1. The van der Waals surface area contributed by atoms with Crippen molar-refractivity contribution in [1.82, 2.24) is 4.98 Å². The van der Waals surface area contributed by atoms with E-state index in [-0.39, 0.29) is 17.0 Å². The van der Waals surface area contributed by atoms with E-state index >= 15 is 0 Å². The van der Waals surface area contributed by atoms with Gasteiger partial charge < -0.3 is 14.8 Å². The molecule has 29 heavy (non-hydrogen) atoms. The Balaban J connectivity index is 1.99. The molecule has 1 aromatic heterocycles. The molecule has 0 fully saturated rings. The van der Waals surface area contributed by atoms with E-state index in [1.165, 1.54) is 33.1 Å². The summed E-state index contributed by atoms with van der Waals surface area (Å²) in [4.78, 5) is 2.90. The highest BCUT2D eigenvalue weighted by Gasteiger charge is 2.56. The van der Waals surface area contributed by atoms with Crippen molar-refractivity contribution in [2.24, 2.45) is 0 Å². The van der Waals surface area contributed by atoms with Crippen LogP contribution >= 0.6 is 0 Å². The van der Waals surface area contributed by atoms with Crippen LogP contribution in [0.3, 0.4) is 0 Å². The molecule has 2 aromatic carbocycles. The van der Waals surface area contributed by atoms with Gasteiger partial charge in [0.2, 0.25) is 0 Å². The molecule has 0 spiro atoms. The zero-order valence-corrected chi connectivity index (χ0v) is 16.3. The summed E-state index contributed by atoms with van der Waals surface area (Å²) in [5.74, 6) is -0.321. The Hall–Kier alpha value is -2.54. The lowest BCUT2D eigenvalue weighted by molar-refractivity contribution is -0.266. The first-order valence-electron chi connectivity index (χ1n) is 9.06. The van der Waals surface area contributed by atoms with Gasteiger partial charge in [0, 0.05) is 23.2 Å². The van der Waals surface area contributed by atoms with Crippen LogP contribution in [0.4, 0.5) is 17.6 Å². The van der Waals surface area contributed by atoms with Crippen LogP contribution in [0.1, 0.15) is 31.5 Å². The number of fused-ring (bicyclic) bond motifs is 1. The van der Waals surface area contributed by atoms with Gasteiger partial charge in [0.25, 0.3) is 0 Å². The summed E-state index contributed by atoms with van der Waals surface area (Å²) < 4.78 is 60.9. The van der Waals surface area contributed by atoms with E-state index in [0.717, 1.165) is 11.5 Å². The average Bonchev–Trinajstić information content (AvgIpc) is 3.02. The van der Waals surface area contributed by atoms with Crippen molar-refractivity contribution in [2.45, 2.75) is 43.9 Å². The highest BCUT2D eigenvalue weighted by atomic mass is 19.4. The number of aromatic amines is 1. The van der Waals surface area contributed by atoms with Crippen molar-refractivity contribution >= 4 is 10.9 Å². The molecule has 0 aliphatic heterocycles. The van der Waals surface area contributed by atoms with Crippen LogP contribution in [0.2, 0.25) is 0 Å². The number of methoxy groups -OCH3 is 1. The molecule has 0 aliphatic rings. The number of alkyl halides is 3. The Morgan fingerprint density at radius 3 is 2.48 bits per heavy atom. The van der Waals surface area contributed by atoms with Gasteiger partial charge in [-0.15, -0.1) is 0 Å². The number of benzene rings is 2. The number of H-pyrrole nitrogens is 1. The summed E-state index contributed by atoms with van der Waals surface area (Å²) in [5.41, 5.74) is -3.11. The minimum absolute atomic E-state index is 0.251. The Bertz CT molecular complexity index is 976. The van der Waals surface area contributed by atoms with Crippen LogP contribution < -0.4 is 4.74 Å². The smallest absolute Gasteiger partial charge is 0.417 e.